The molecule has 0 fully saturated rings. The highest BCUT2D eigenvalue weighted by atomic mass is 19.1. The molecule has 0 atom stereocenters. The minimum absolute atomic E-state index is 0.250. The van der Waals surface area contributed by atoms with Crippen LogP contribution in [-0.2, 0) is 4.79 Å². The molecule has 2 rings (SSSR count). The van der Waals surface area contributed by atoms with Gasteiger partial charge in [0.25, 0.3) is 0 Å². The number of amides is 1. The molecule has 1 aromatic carbocycles. The minimum Gasteiger partial charge on any atom is -0.465 e. The van der Waals surface area contributed by atoms with Crippen LogP contribution in [0.3, 0.4) is 0 Å². The van der Waals surface area contributed by atoms with Gasteiger partial charge in [-0.15, -0.1) is 0 Å². The number of halogens is 1. The summed E-state index contributed by atoms with van der Waals surface area (Å²) in [7, 11) is 1.72. The first kappa shape index (κ1) is 17.4. The zero-order valence-electron chi connectivity index (χ0n) is 12.4. The van der Waals surface area contributed by atoms with Gasteiger partial charge >= 0.3 is 0 Å². The van der Waals surface area contributed by atoms with Crippen LogP contribution in [0.4, 0.5) is 10.1 Å². The lowest BCUT2D eigenvalue weighted by atomic mass is 10.0. The van der Waals surface area contributed by atoms with Crippen LogP contribution in [0.5, 0.6) is 0 Å². The van der Waals surface area contributed by atoms with Crippen LogP contribution in [-0.4, -0.2) is 13.5 Å². The third-order valence-electron chi connectivity index (χ3n) is 2.83. The zero-order valence-corrected chi connectivity index (χ0v) is 12.4. The largest absolute Gasteiger partial charge is 0.465 e. The number of carbonyl (C=O) groups excluding carboxylic acids is 1. The second-order valence-electron chi connectivity index (χ2n) is 4.35. The normalized spacial score (nSPS) is 10.0. The summed E-state index contributed by atoms with van der Waals surface area (Å²) in [6.07, 6.45) is 5.58. The number of hydrogen-bond acceptors (Lipinski definition) is 5. The van der Waals surface area contributed by atoms with Crippen molar-refractivity contribution in [2.45, 2.75) is 6.92 Å². The molecule has 0 aliphatic carbocycles. The molecule has 1 heterocycles. The van der Waals surface area contributed by atoms with Crippen LogP contribution < -0.4 is 22.1 Å². The van der Waals surface area contributed by atoms with E-state index in [2.05, 4.69) is 5.84 Å². The molecule has 0 aliphatic heterocycles. The van der Waals surface area contributed by atoms with E-state index in [0.717, 1.165) is 11.3 Å². The van der Waals surface area contributed by atoms with Gasteiger partial charge in [-0.3, -0.25) is 10.2 Å². The maximum Gasteiger partial charge on any atom is 0.221 e. The molecule has 22 heavy (non-hydrogen) atoms. The number of hydrazine groups is 2. The van der Waals surface area contributed by atoms with Crippen molar-refractivity contribution in [2.75, 3.05) is 12.1 Å². The quantitative estimate of drug-likeness (QED) is 0.346. The van der Waals surface area contributed by atoms with Crippen molar-refractivity contribution >= 4 is 24.2 Å². The lowest BCUT2D eigenvalue weighted by molar-refractivity contribution is -0.109. The Morgan fingerprint density at radius 3 is 2.50 bits per heavy atom. The Labute approximate surface area is 128 Å². The lowest BCUT2D eigenvalue weighted by Gasteiger charge is -2.17. The standard InChI is InChI=1S/C14H15FN2O.CH4N2O/c1-10-12(6-5-11-4-3-9-18-11)14(17(2)16)8-7-13(10)15;2-3-1-4/h3-9H,16H2,1-2H3;1H,2H2,(H,3,4)/b6-5+;. The summed E-state index contributed by atoms with van der Waals surface area (Å²) >= 11 is 0. The number of furan rings is 1. The van der Waals surface area contributed by atoms with Gasteiger partial charge in [0.1, 0.15) is 11.6 Å². The zero-order chi connectivity index (χ0) is 16.5. The van der Waals surface area contributed by atoms with Crippen molar-refractivity contribution in [3.05, 3.63) is 53.2 Å². The fourth-order valence-electron chi connectivity index (χ4n) is 1.76. The number of benzene rings is 1. The average Bonchev–Trinajstić information content (AvgIpc) is 3.02. The molecule has 0 saturated heterocycles. The molecular weight excluding hydrogens is 287 g/mol. The number of anilines is 1. The Hall–Kier alpha value is -2.64. The maximum absolute atomic E-state index is 13.6. The number of hydrogen-bond donors (Lipinski definition) is 3. The van der Waals surface area contributed by atoms with Crippen LogP contribution in [0.15, 0.2) is 34.9 Å². The van der Waals surface area contributed by atoms with E-state index in [9.17, 15) is 4.39 Å². The third kappa shape index (κ3) is 4.72. The van der Waals surface area contributed by atoms with Crippen molar-refractivity contribution in [1.82, 2.24) is 5.43 Å². The van der Waals surface area contributed by atoms with E-state index in [-0.39, 0.29) is 5.82 Å². The smallest absolute Gasteiger partial charge is 0.221 e. The highest BCUT2D eigenvalue weighted by molar-refractivity contribution is 5.77. The minimum atomic E-state index is -0.250. The Kier molecular flexibility index (Phi) is 6.81. The van der Waals surface area contributed by atoms with Gasteiger partial charge in [-0.1, -0.05) is 0 Å². The molecule has 118 valence electrons. The molecule has 1 aromatic heterocycles. The summed E-state index contributed by atoms with van der Waals surface area (Å²) in [6.45, 7) is 1.73. The summed E-state index contributed by atoms with van der Waals surface area (Å²) in [6, 6.07) is 6.70. The highest BCUT2D eigenvalue weighted by Gasteiger charge is 2.09. The van der Waals surface area contributed by atoms with E-state index in [1.807, 2.05) is 6.07 Å². The highest BCUT2D eigenvalue weighted by Crippen LogP contribution is 2.26. The van der Waals surface area contributed by atoms with Gasteiger partial charge in [0.2, 0.25) is 6.41 Å². The number of carbonyl (C=O) groups is 1. The van der Waals surface area contributed by atoms with Crippen molar-refractivity contribution in [1.29, 1.82) is 0 Å². The number of nitrogens with one attached hydrogen (secondary N) is 1. The average molecular weight is 306 g/mol. The van der Waals surface area contributed by atoms with E-state index in [1.54, 1.807) is 49.9 Å². The lowest BCUT2D eigenvalue weighted by Crippen LogP contribution is -2.26. The fourth-order valence-corrected chi connectivity index (χ4v) is 1.76. The van der Waals surface area contributed by atoms with Gasteiger partial charge in [0.15, 0.2) is 0 Å². The van der Waals surface area contributed by atoms with Crippen molar-refractivity contribution < 1.29 is 13.6 Å². The topological polar surface area (TPSA) is 97.5 Å². The van der Waals surface area contributed by atoms with E-state index in [0.29, 0.717) is 17.7 Å². The molecule has 0 radical (unpaired) electrons. The van der Waals surface area contributed by atoms with Crippen molar-refractivity contribution in [3.8, 4) is 0 Å². The molecule has 0 unspecified atom stereocenters. The third-order valence-corrected chi connectivity index (χ3v) is 2.83. The number of nitrogens with zero attached hydrogens (tertiary/aromatic N) is 1. The number of rotatable bonds is 4. The fraction of sp³-hybridized carbons (Fsp3) is 0.133. The Morgan fingerprint density at radius 2 is 2.00 bits per heavy atom. The van der Waals surface area contributed by atoms with Crippen LogP contribution in [0.1, 0.15) is 16.9 Å². The summed E-state index contributed by atoms with van der Waals surface area (Å²) in [5.74, 6) is 10.6. The SMILES string of the molecule is Cc1c(F)ccc(N(C)N)c1/C=C/c1ccco1.NNC=O. The predicted molar refractivity (Wildman–Crippen MR) is 84.8 cm³/mol. The van der Waals surface area contributed by atoms with E-state index >= 15 is 0 Å². The molecule has 2 aromatic rings. The van der Waals surface area contributed by atoms with Gasteiger partial charge in [-0.25, -0.2) is 16.1 Å². The second-order valence-corrected chi connectivity index (χ2v) is 4.35. The maximum atomic E-state index is 13.6. The van der Waals surface area contributed by atoms with Gasteiger partial charge in [-0.2, -0.15) is 0 Å². The summed E-state index contributed by atoms with van der Waals surface area (Å²) in [4.78, 5) is 8.94. The molecule has 0 bridgehead atoms. The Balaban J connectivity index is 0.000000541. The monoisotopic (exact) mass is 306 g/mol. The second kappa shape index (κ2) is 8.60. The van der Waals surface area contributed by atoms with Gasteiger partial charge < -0.3 is 9.43 Å². The van der Waals surface area contributed by atoms with Crippen LogP contribution in [0.25, 0.3) is 12.2 Å². The summed E-state index contributed by atoms with van der Waals surface area (Å²) in [5.41, 5.74) is 3.82. The number of nitrogens with two attached hydrogens (primary N) is 2. The van der Waals surface area contributed by atoms with E-state index < -0.39 is 0 Å². The van der Waals surface area contributed by atoms with Crippen LogP contribution >= 0.6 is 0 Å². The molecular formula is C15H19FN4O2. The first-order chi connectivity index (χ1) is 10.5. The molecule has 1 amide bonds. The molecule has 6 nitrogen and oxygen atoms in total. The molecule has 7 heteroatoms. The Bertz CT molecular complexity index is 625. The molecule has 0 saturated carbocycles. The molecule has 5 N–H and O–H groups in total. The van der Waals surface area contributed by atoms with Crippen molar-refractivity contribution in [3.63, 3.8) is 0 Å². The summed E-state index contributed by atoms with van der Waals surface area (Å²) < 4.78 is 18.8. The van der Waals surface area contributed by atoms with Crippen LogP contribution in [0, 0.1) is 12.7 Å². The van der Waals surface area contributed by atoms with Gasteiger partial charge in [-0.05, 0) is 48.9 Å². The first-order valence-electron chi connectivity index (χ1n) is 6.40. The van der Waals surface area contributed by atoms with E-state index in [1.165, 1.54) is 11.1 Å². The van der Waals surface area contributed by atoms with Crippen LogP contribution in [0.2, 0.25) is 0 Å². The molecule has 0 aliphatic rings. The Morgan fingerprint density at radius 1 is 1.32 bits per heavy atom. The van der Waals surface area contributed by atoms with Gasteiger partial charge in [0, 0.05) is 12.6 Å². The van der Waals surface area contributed by atoms with E-state index in [4.69, 9.17) is 15.1 Å². The predicted octanol–water partition coefficient (Wildman–Crippen LogP) is 1.81. The molecule has 0 spiro atoms. The van der Waals surface area contributed by atoms with Crippen molar-refractivity contribution in [2.24, 2.45) is 11.7 Å². The first-order valence-corrected chi connectivity index (χ1v) is 6.40. The van der Waals surface area contributed by atoms with Gasteiger partial charge in [0.05, 0.1) is 12.0 Å². The summed E-state index contributed by atoms with van der Waals surface area (Å²) in [5, 5.41) is 1.47.